The van der Waals surface area contributed by atoms with Gasteiger partial charge in [0.1, 0.15) is 0 Å². The van der Waals surface area contributed by atoms with Crippen LogP contribution in [0.5, 0.6) is 0 Å². The van der Waals surface area contributed by atoms with Crippen molar-refractivity contribution >= 4 is 12.0 Å². The highest BCUT2D eigenvalue weighted by molar-refractivity contribution is 5.79. The Bertz CT molecular complexity index is 574. The van der Waals surface area contributed by atoms with E-state index >= 15 is 0 Å². The number of ether oxygens (including phenoxy) is 1. The maximum Gasteiger partial charge on any atom is 0.317 e. The van der Waals surface area contributed by atoms with Gasteiger partial charge < -0.3 is 20.1 Å². The average Bonchev–Trinajstić information content (AvgIpc) is 3.04. The fraction of sp³-hybridized carbons (Fsp3) is 0.900. The van der Waals surface area contributed by atoms with Gasteiger partial charge in [-0.3, -0.25) is 9.69 Å². The van der Waals surface area contributed by atoms with Crippen molar-refractivity contribution < 1.29 is 19.4 Å². The Morgan fingerprint density at radius 2 is 1.74 bits per heavy atom. The third-order valence-corrected chi connectivity index (χ3v) is 6.73. The summed E-state index contributed by atoms with van der Waals surface area (Å²) in [6, 6.07) is -0.127. The summed E-state index contributed by atoms with van der Waals surface area (Å²) in [4.78, 5) is 28.4. The van der Waals surface area contributed by atoms with Gasteiger partial charge in [-0.2, -0.15) is 0 Å². The van der Waals surface area contributed by atoms with Crippen molar-refractivity contribution in [2.75, 3.05) is 39.3 Å². The molecule has 27 heavy (non-hydrogen) atoms. The highest BCUT2D eigenvalue weighted by Crippen LogP contribution is 2.36. The van der Waals surface area contributed by atoms with Gasteiger partial charge in [0.2, 0.25) is 0 Å². The van der Waals surface area contributed by atoms with E-state index in [1.807, 2.05) is 0 Å². The zero-order valence-electron chi connectivity index (χ0n) is 17.1. The Morgan fingerprint density at radius 3 is 2.33 bits per heavy atom. The Kier molecular flexibility index (Phi) is 5.73. The Balaban J connectivity index is 1.64. The molecule has 2 N–H and O–H groups in total. The van der Waals surface area contributed by atoms with E-state index in [0.29, 0.717) is 19.5 Å². The van der Waals surface area contributed by atoms with Crippen LogP contribution in [0.4, 0.5) is 4.79 Å². The molecule has 7 heteroatoms. The minimum absolute atomic E-state index is 0.00914. The Hall–Kier alpha value is -1.34. The van der Waals surface area contributed by atoms with E-state index in [-0.39, 0.29) is 23.7 Å². The predicted molar refractivity (Wildman–Crippen MR) is 103 cm³/mol. The van der Waals surface area contributed by atoms with Crippen LogP contribution in [-0.2, 0) is 9.53 Å². The smallest absolute Gasteiger partial charge is 0.317 e. The van der Waals surface area contributed by atoms with Crippen molar-refractivity contribution in [3.8, 4) is 0 Å². The van der Waals surface area contributed by atoms with Crippen molar-refractivity contribution in [3.63, 3.8) is 0 Å². The molecule has 3 fully saturated rings. The van der Waals surface area contributed by atoms with Crippen LogP contribution in [0.15, 0.2) is 0 Å². The molecule has 0 aromatic carbocycles. The van der Waals surface area contributed by atoms with Gasteiger partial charge in [0.15, 0.2) is 0 Å². The molecule has 0 aromatic heterocycles. The lowest BCUT2D eigenvalue weighted by Gasteiger charge is -2.51. The lowest BCUT2D eigenvalue weighted by atomic mass is 9.79. The summed E-state index contributed by atoms with van der Waals surface area (Å²) in [5.74, 6) is -0.822. The second-order valence-corrected chi connectivity index (χ2v) is 9.51. The first kappa shape index (κ1) is 20.4. The monoisotopic (exact) mass is 381 g/mol. The van der Waals surface area contributed by atoms with Crippen LogP contribution in [0.1, 0.15) is 59.3 Å². The molecular formula is C20H35N3O4. The molecule has 1 saturated carbocycles. The molecule has 0 radical (unpaired) electrons. The number of hydrogen-bond acceptors (Lipinski definition) is 4. The van der Waals surface area contributed by atoms with E-state index in [4.69, 9.17) is 4.74 Å². The van der Waals surface area contributed by atoms with E-state index in [2.05, 4.69) is 24.1 Å². The highest BCUT2D eigenvalue weighted by Gasteiger charge is 2.45. The molecule has 2 saturated heterocycles. The van der Waals surface area contributed by atoms with Crippen LogP contribution in [-0.4, -0.2) is 77.4 Å². The maximum absolute atomic E-state index is 12.7. The van der Waals surface area contributed by atoms with Gasteiger partial charge in [-0.05, 0) is 40.0 Å². The number of amides is 2. The normalized spacial score (nSPS) is 30.9. The zero-order chi connectivity index (χ0) is 19.7. The molecule has 7 nitrogen and oxygen atoms in total. The van der Waals surface area contributed by atoms with Crippen molar-refractivity contribution in [2.24, 2.45) is 5.41 Å². The first-order valence-corrected chi connectivity index (χ1v) is 10.3. The molecule has 0 bridgehead atoms. The fourth-order valence-corrected chi connectivity index (χ4v) is 4.90. The average molecular weight is 382 g/mol. The van der Waals surface area contributed by atoms with Gasteiger partial charge in [-0.25, -0.2) is 4.79 Å². The van der Waals surface area contributed by atoms with Gasteiger partial charge in [0.05, 0.1) is 17.6 Å². The molecule has 2 heterocycles. The first-order valence-electron chi connectivity index (χ1n) is 10.3. The van der Waals surface area contributed by atoms with Gasteiger partial charge in [-0.1, -0.05) is 19.3 Å². The van der Waals surface area contributed by atoms with E-state index in [9.17, 15) is 14.7 Å². The molecule has 3 rings (SSSR count). The quantitative estimate of drug-likeness (QED) is 0.781. The lowest BCUT2D eigenvalue weighted by Crippen LogP contribution is -2.63. The minimum atomic E-state index is -0.825. The number of carboxylic acids is 1. The standard InChI is InChI=1S/C20H35N3O4/c1-18(2)14-23(11-12-27-18)20(7-5-4-6-8-20)13-21-17(26)22-10-9-19(3,15-22)16(24)25/h4-15H2,1-3H3,(H,21,26)(H,24,25). The van der Waals surface area contributed by atoms with Crippen LogP contribution in [0.2, 0.25) is 0 Å². The van der Waals surface area contributed by atoms with Crippen molar-refractivity contribution in [1.82, 2.24) is 15.1 Å². The summed E-state index contributed by atoms with van der Waals surface area (Å²) in [6.45, 7) is 9.91. The molecule has 0 spiro atoms. The summed E-state index contributed by atoms with van der Waals surface area (Å²) in [5, 5.41) is 12.5. The zero-order valence-corrected chi connectivity index (χ0v) is 17.1. The number of likely N-dealkylation sites (tertiary alicyclic amines) is 1. The highest BCUT2D eigenvalue weighted by atomic mass is 16.5. The second-order valence-electron chi connectivity index (χ2n) is 9.51. The molecule has 2 amide bonds. The number of urea groups is 1. The molecule has 1 unspecified atom stereocenters. The van der Waals surface area contributed by atoms with Crippen LogP contribution >= 0.6 is 0 Å². The Labute approximate surface area is 162 Å². The minimum Gasteiger partial charge on any atom is -0.481 e. The predicted octanol–water partition coefficient (Wildman–Crippen LogP) is 2.31. The summed E-state index contributed by atoms with van der Waals surface area (Å²) in [5.41, 5.74) is -0.996. The van der Waals surface area contributed by atoms with Crippen LogP contribution < -0.4 is 5.32 Å². The van der Waals surface area contributed by atoms with Crippen molar-refractivity contribution in [3.05, 3.63) is 0 Å². The number of morpholine rings is 1. The summed E-state index contributed by atoms with van der Waals surface area (Å²) in [7, 11) is 0. The second kappa shape index (κ2) is 7.59. The molecule has 1 atom stereocenters. The number of hydrogen-bond donors (Lipinski definition) is 2. The number of carbonyl (C=O) groups is 2. The topological polar surface area (TPSA) is 82.1 Å². The number of carboxylic acid groups (broad SMARTS) is 1. The maximum atomic E-state index is 12.7. The van der Waals surface area contributed by atoms with Crippen LogP contribution in [0, 0.1) is 5.41 Å². The lowest BCUT2D eigenvalue weighted by molar-refractivity contribution is -0.147. The number of rotatable bonds is 4. The van der Waals surface area contributed by atoms with E-state index in [1.165, 1.54) is 19.3 Å². The van der Waals surface area contributed by atoms with Gasteiger partial charge in [0.25, 0.3) is 0 Å². The summed E-state index contributed by atoms with van der Waals surface area (Å²) < 4.78 is 5.89. The molecule has 2 aliphatic heterocycles. The molecular weight excluding hydrogens is 346 g/mol. The third-order valence-electron chi connectivity index (χ3n) is 6.73. The number of aliphatic carboxylic acids is 1. The Morgan fingerprint density at radius 1 is 1.04 bits per heavy atom. The van der Waals surface area contributed by atoms with Gasteiger partial charge in [0, 0.05) is 38.3 Å². The SMILES string of the molecule is CC1(C)CN(C2(CNC(=O)N3CCC(C)(C(=O)O)C3)CCCCC2)CCO1. The van der Waals surface area contributed by atoms with E-state index < -0.39 is 11.4 Å². The largest absolute Gasteiger partial charge is 0.481 e. The fourth-order valence-electron chi connectivity index (χ4n) is 4.90. The van der Waals surface area contributed by atoms with E-state index in [0.717, 1.165) is 32.5 Å². The molecule has 0 aromatic rings. The van der Waals surface area contributed by atoms with E-state index in [1.54, 1.807) is 11.8 Å². The number of nitrogens with one attached hydrogen (secondary N) is 1. The summed E-state index contributed by atoms with van der Waals surface area (Å²) >= 11 is 0. The summed E-state index contributed by atoms with van der Waals surface area (Å²) in [6.07, 6.45) is 6.33. The van der Waals surface area contributed by atoms with Gasteiger partial charge in [-0.15, -0.1) is 0 Å². The van der Waals surface area contributed by atoms with Crippen LogP contribution in [0.3, 0.4) is 0 Å². The van der Waals surface area contributed by atoms with Gasteiger partial charge >= 0.3 is 12.0 Å². The van der Waals surface area contributed by atoms with Crippen molar-refractivity contribution in [1.29, 1.82) is 0 Å². The first-order chi connectivity index (χ1) is 12.7. The number of carbonyl (C=O) groups excluding carboxylic acids is 1. The number of nitrogens with zero attached hydrogens (tertiary/aromatic N) is 2. The van der Waals surface area contributed by atoms with Crippen molar-refractivity contribution in [2.45, 2.75) is 70.4 Å². The van der Waals surface area contributed by atoms with Crippen LogP contribution in [0.25, 0.3) is 0 Å². The molecule has 154 valence electrons. The molecule has 3 aliphatic rings. The third kappa shape index (κ3) is 4.40. The molecule has 1 aliphatic carbocycles.